The van der Waals surface area contributed by atoms with Gasteiger partial charge in [-0.15, -0.1) is 10.2 Å². The molecule has 0 unspecified atom stereocenters. The molecule has 1 aliphatic carbocycles. The lowest BCUT2D eigenvalue weighted by Gasteiger charge is -2.10. The van der Waals surface area contributed by atoms with E-state index >= 15 is 0 Å². The Morgan fingerprint density at radius 1 is 1.35 bits per heavy atom. The molecule has 104 valence electrons. The van der Waals surface area contributed by atoms with E-state index in [4.69, 9.17) is 5.11 Å². The first kappa shape index (κ1) is 13.0. The van der Waals surface area contributed by atoms with Crippen LogP contribution in [0.15, 0.2) is 22.4 Å². The maximum Gasteiger partial charge on any atom is 0.338 e. The molecule has 2 aromatic rings. The second kappa shape index (κ2) is 5.53. The summed E-state index contributed by atoms with van der Waals surface area (Å²) in [6, 6.07) is 1.71. The fourth-order valence-corrected chi connectivity index (χ4v) is 3.16. The summed E-state index contributed by atoms with van der Waals surface area (Å²) in [5.74, 6) is -1.04. The Labute approximate surface area is 118 Å². The SMILES string of the molecule is O=C(O)c1ccnnc1Sc1nnnn1C1CCCC1. The van der Waals surface area contributed by atoms with Crippen LogP contribution in [-0.2, 0) is 0 Å². The minimum absolute atomic E-state index is 0.103. The minimum Gasteiger partial charge on any atom is -0.478 e. The maximum absolute atomic E-state index is 11.2. The van der Waals surface area contributed by atoms with E-state index in [1.165, 1.54) is 25.1 Å². The van der Waals surface area contributed by atoms with E-state index < -0.39 is 5.97 Å². The van der Waals surface area contributed by atoms with Gasteiger partial charge in [-0.25, -0.2) is 9.48 Å². The number of hydrogen-bond acceptors (Lipinski definition) is 7. The van der Waals surface area contributed by atoms with Crippen LogP contribution in [0.1, 0.15) is 42.1 Å². The number of aromatic carboxylic acids is 1. The van der Waals surface area contributed by atoms with Crippen molar-refractivity contribution in [1.29, 1.82) is 0 Å². The van der Waals surface area contributed by atoms with Crippen molar-refractivity contribution >= 4 is 17.7 Å². The highest BCUT2D eigenvalue weighted by molar-refractivity contribution is 7.99. The molecule has 0 atom stereocenters. The van der Waals surface area contributed by atoms with Gasteiger partial charge in [0.25, 0.3) is 0 Å². The highest BCUT2D eigenvalue weighted by atomic mass is 32.2. The zero-order chi connectivity index (χ0) is 13.9. The third kappa shape index (κ3) is 2.48. The summed E-state index contributed by atoms with van der Waals surface area (Å²) in [6.07, 6.45) is 5.78. The molecule has 20 heavy (non-hydrogen) atoms. The number of carbonyl (C=O) groups is 1. The normalized spacial score (nSPS) is 15.6. The van der Waals surface area contributed by atoms with Gasteiger partial charge in [-0.2, -0.15) is 5.10 Å². The Kier molecular flexibility index (Phi) is 3.59. The Hall–Kier alpha value is -2.03. The molecule has 1 fully saturated rings. The molecule has 0 spiro atoms. The topological polar surface area (TPSA) is 107 Å². The van der Waals surface area contributed by atoms with Crippen molar-refractivity contribution in [1.82, 2.24) is 30.4 Å². The van der Waals surface area contributed by atoms with E-state index in [2.05, 4.69) is 25.7 Å². The lowest BCUT2D eigenvalue weighted by atomic mass is 10.3. The van der Waals surface area contributed by atoms with E-state index in [-0.39, 0.29) is 11.6 Å². The largest absolute Gasteiger partial charge is 0.478 e. The number of hydrogen-bond donors (Lipinski definition) is 1. The summed E-state index contributed by atoms with van der Waals surface area (Å²) in [4.78, 5) is 11.2. The van der Waals surface area contributed by atoms with Crippen molar-refractivity contribution in [3.05, 3.63) is 17.8 Å². The van der Waals surface area contributed by atoms with Crippen LogP contribution in [-0.4, -0.2) is 41.5 Å². The fraction of sp³-hybridized carbons (Fsp3) is 0.455. The Bertz CT molecular complexity index is 625. The van der Waals surface area contributed by atoms with Crippen LogP contribution in [0, 0.1) is 0 Å². The van der Waals surface area contributed by atoms with Gasteiger partial charge in [-0.05, 0) is 41.1 Å². The summed E-state index contributed by atoms with van der Waals surface area (Å²) in [5.41, 5.74) is 0.103. The summed E-state index contributed by atoms with van der Waals surface area (Å²) in [6.45, 7) is 0. The second-order valence-electron chi connectivity index (χ2n) is 4.50. The first-order chi connectivity index (χ1) is 9.75. The second-order valence-corrected chi connectivity index (χ2v) is 5.46. The van der Waals surface area contributed by atoms with Crippen molar-refractivity contribution in [3.63, 3.8) is 0 Å². The fourth-order valence-electron chi connectivity index (χ4n) is 2.27. The van der Waals surface area contributed by atoms with Crippen LogP contribution in [0.2, 0.25) is 0 Å². The predicted molar refractivity (Wildman–Crippen MR) is 68.4 cm³/mol. The van der Waals surface area contributed by atoms with Gasteiger partial charge in [-0.3, -0.25) is 0 Å². The summed E-state index contributed by atoms with van der Waals surface area (Å²) in [5, 5.41) is 29.2. The third-order valence-electron chi connectivity index (χ3n) is 3.24. The average Bonchev–Trinajstić information content (AvgIpc) is 3.09. The molecule has 3 rings (SSSR count). The molecule has 0 aromatic carbocycles. The van der Waals surface area contributed by atoms with Gasteiger partial charge in [0, 0.05) is 0 Å². The summed E-state index contributed by atoms with van der Waals surface area (Å²) >= 11 is 1.14. The van der Waals surface area contributed by atoms with Gasteiger partial charge < -0.3 is 5.11 Å². The molecule has 2 heterocycles. The summed E-state index contributed by atoms with van der Waals surface area (Å²) < 4.78 is 1.76. The molecule has 0 radical (unpaired) electrons. The molecule has 8 nitrogen and oxygen atoms in total. The van der Waals surface area contributed by atoms with E-state index in [1.54, 1.807) is 4.68 Å². The van der Waals surface area contributed by atoms with Gasteiger partial charge in [0.1, 0.15) is 5.03 Å². The van der Waals surface area contributed by atoms with Crippen molar-refractivity contribution in [2.24, 2.45) is 0 Å². The first-order valence-electron chi connectivity index (χ1n) is 6.26. The smallest absolute Gasteiger partial charge is 0.338 e. The van der Waals surface area contributed by atoms with Crippen LogP contribution in [0.4, 0.5) is 0 Å². The molecule has 1 aliphatic rings. The number of aromatic nitrogens is 6. The molecule has 1 N–H and O–H groups in total. The molecule has 0 aliphatic heterocycles. The van der Waals surface area contributed by atoms with E-state index in [1.807, 2.05) is 0 Å². The highest BCUT2D eigenvalue weighted by Crippen LogP contribution is 2.33. The zero-order valence-electron chi connectivity index (χ0n) is 10.5. The van der Waals surface area contributed by atoms with Crippen LogP contribution < -0.4 is 0 Å². The maximum atomic E-state index is 11.2. The van der Waals surface area contributed by atoms with Gasteiger partial charge >= 0.3 is 5.97 Å². The molecule has 2 aromatic heterocycles. The Balaban J connectivity index is 1.88. The average molecular weight is 292 g/mol. The molecule has 1 saturated carbocycles. The van der Waals surface area contributed by atoms with Crippen molar-refractivity contribution in [3.8, 4) is 0 Å². The molecular weight excluding hydrogens is 280 g/mol. The van der Waals surface area contributed by atoms with Gasteiger partial charge in [0.05, 0.1) is 17.8 Å². The molecule has 0 amide bonds. The lowest BCUT2D eigenvalue weighted by Crippen LogP contribution is -2.09. The first-order valence-corrected chi connectivity index (χ1v) is 7.08. The summed E-state index contributed by atoms with van der Waals surface area (Å²) in [7, 11) is 0. The predicted octanol–water partition coefficient (Wildman–Crippen LogP) is 1.43. The Morgan fingerprint density at radius 2 is 2.15 bits per heavy atom. The Morgan fingerprint density at radius 3 is 2.90 bits per heavy atom. The number of nitrogens with zero attached hydrogens (tertiary/aromatic N) is 6. The molecule has 9 heteroatoms. The van der Waals surface area contributed by atoms with Crippen molar-refractivity contribution < 1.29 is 9.90 Å². The van der Waals surface area contributed by atoms with Gasteiger partial charge in [0.2, 0.25) is 5.16 Å². The quantitative estimate of drug-likeness (QED) is 0.901. The van der Waals surface area contributed by atoms with Crippen molar-refractivity contribution in [2.75, 3.05) is 0 Å². The third-order valence-corrected chi connectivity index (χ3v) is 4.18. The van der Waals surface area contributed by atoms with E-state index in [0.29, 0.717) is 10.2 Å². The van der Waals surface area contributed by atoms with Gasteiger partial charge in [0.15, 0.2) is 0 Å². The van der Waals surface area contributed by atoms with Crippen LogP contribution in [0.25, 0.3) is 0 Å². The molecular formula is C11H12N6O2S. The number of carboxylic acid groups (broad SMARTS) is 1. The number of tetrazole rings is 1. The molecule has 0 saturated heterocycles. The minimum atomic E-state index is -1.04. The monoisotopic (exact) mass is 292 g/mol. The lowest BCUT2D eigenvalue weighted by molar-refractivity contribution is 0.0692. The van der Waals surface area contributed by atoms with E-state index in [0.717, 1.165) is 24.6 Å². The highest BCUT2D eigenvalue weighted by Gasteiger charge is 2.23. The van der Waals surface area contributed by atoms with Crippen LogP contribution >= 0.6 is 11.8 Å². The van der Waals surface area contributed by atoms with Gasteiger partial charge in [-0.1, -0.05) is 12.8 Å². The van der Waals surface area contributed by atoms with Crippen molar-refractivity contribution in [2.45, 2.75) is 41.9 Å². The number of rotatable bonds is 4. The van der Waals surface area contributed by atoms with Crippen LogP contribution in [0.5, 0.6) is 0 Å². The molecule has 0 bridgehead atoms. The zero-order valence-corrected chi connectivity index (χ0v) is 11.3. The van der Waals surface area contributed by atoms with Crippen LogP contribution in [0.3, 0.4) is 0 Å². The number of carboxylic acids is 1. The standard InChI is InChI=1S/C11H12N6O2S/c18-10(19)8-5-6-12-13-9(8)20-11-14-15-16-17(11)7-3-1-2-4-7/h5-7H,1-4H2,(H,18,19). The van der Waals surface area contributed by atoms with E-state index in [9.17, 15) is 4.79 Å².